The van der Waals surface area contributed by atoms with Crippen LogP contribution in [0.2, 0.25) is 0 Å². The number of benzene rings is 2. The van der Waals surface area contributed by atoms with E-state index < -0.39 is 5.97 Å². The molecule has 0 aliphatic carbocycles. The number of hydrogen-bond acceptors (Lipinski definition) is 4. The van der Waals surface area contributed by atoms with E-state index in [0.29, 0.717) is 5.75 Å². The van der Waals surface area contributed by atoms with Crippen molar-refractivity contribution in [2.24, 2.45) is 0 Å². The van der Waals surface area contributed by atoms with Gasteiger partial charge in [-0.25, -0.2) is 0 Å². The van der Waals surface area contributed by atoms with Crippen LogP contribution in [0.15, 0.2) is 52.3 Å². The number of ether oxygens (including phenoxy) is 2. The van der Waals surface area contributed by atoms with Gasteiger partial charge in [-0.05, 0) is 48.0 Å². The minimum absolute atomic E-state index is 0.0321. The highest BCUT2D eigenvalue weighted by Crippen LogP contribution is 2.33. The third-order valence-corrected chi connectivity index (χ3v) is 4.02. The quantitative estimate of drug-likeness (QED) is 0.885. The van der Waals surface area contributed by atoms with Gasteiger partial charge in [0, 0.05) is 9.79 Å². The van der Waals surface area contributed by atoms with Crippen LogP contribution in [0.3, 0.4) is 0 Å². The Morgan fingerprint density at radius 3 is 2.24 bits per heavy atom. The van der Waals surface area contributed by atoms with Gasteiger partial charge in [-0.2, -0.15) is 0 Å². The van der Waals surface area contributed by atoms with Crippen LogP contribution in [-0.4, -0.2) is 25.3 Å². The molecule has 21 heavy (non-hydrogen) atoms. The van der Waals surface area contributed by atoms with Crippen LogP contribution < -0.4 is 9.47 Å². The van der Waals surface area contributed by atoms with Gasteiger partial charge in [-0.1, -0.05) is 11.8 Å². The Morgan fingerprint density at radius 1 is 1.05 bits per heavy atom. The second-order valence-corrected chi connectivity index (χ2v) is 5.44. The number of carbonyl (C=O) groups is 1. The molecule has 2 rings (SSSR count). The largest absolute Gasteiger partial charge is 0.497 e. The van der Waals surface area contributed by atoms with Crippen molar-refractivity contribution in [3.8, 4) is 11.5 Å². The van der Waals surface area contributed by atoms with Gasteiger partial charge in [0.1, 0.15) is 11.5 Å². The fourth-order valence-corrected chi connectivity index (χ4v) is 2.78. The number of rotatable bonds is 6. The summed E-state index contributed by atoms with van der Waals surface area (Å²) in [6, 6.07) is 13.1. The van der Waals surface area contributed by atoms with Crippen LogP contribution in [0, 0.1) is 0 Å². The fraction of sp³-hybridized carbons (Fsp3) is 0.188. The lowest BCUT2D eigenvalue weighted by atomic mass is 10.1. The predicted molar refractivity (Wildman–Crippen MR) is 81.5 cm³/mol. The first-order valence-electron chi connectivity index (χ1n) is 6.33. The molecule has 0 bridgehead atoms. The molecule has 0 aromatic heterocycles. The number of methoxy groups -OCH3 is 2. The highest BCUT2D eigenvalue weighted by Gasteiger charge is 2.10. The van der Waals surface area contributed by atoms with Crippen molar-refractivity contribution in [2.75, 3.05) is 14.2 Å². The topological polar surface area (TPSA) is 55.8 Å². The lowest BCUT2D eigenvalue weighted by Crippen LogP contribution is -2.02. The molecule has 0 saturated carbocycles. The first-order chi connectivity index (χ1) is 10.1. The van der Waals surface area contributed by atoms with Crippen molar-refractivity contribution in [3.05, 3.63) is 48.0 Å². The highest BCUT2D eigenvalue weighted by molar-refractivity contribution is 7.99. The fourth-order valence-electron chi connectivity index (χ4n) is 1.85. The smallest absolute Gasteiger partial charge is 0.307 e. The zero-order chi connectivity index (χ0) is 15.2. The van der Waals surface area contributed by atoms with Crippen molar-refractivity contribution >= 4 is 17.7 Å². The molecule has 110 valence electrons. The molecule has 0 aliphatic rings. The zero-order valence-electron chi connectivity index (χ0n) is 11.8. The number of hydrogen-bond donors (Lipinski definition) is 1. The number of carboxylic acids is 1. The average Bonchev–Trinajstić information content (AvgIpc) is 2.49. The molecule has 4 nitrogen and oxygen atoms in total. The molecule has 0 saturated heterocycles. The van der Waals surface area contributed by atoms with E-state index >= 15 is 0 Å². The molecule has 0 atom stereocenters. The van der Waals surface area contributed by atoms with E-state index in [2.05, 4.69) is 0 Å². The Labute approximate surface area is 127 Å². The number of carboxylic acid groups (broad SMARTS) is 1. The third-order valence-electron chi connectivity index (χ3n) is 2.90. The van der Waals surface area contributed by atoms with E-state index in [9.17, 15) is 4.79 Å². The van der Waals surface area contributed by atoms with E-state index in [-0.39, 0.29) is 6.42 Å². The average molecular weight is 304 g/mol. The van der Waals surface area contributed by atoms with E-state index in [1.165, 1.54) is 11.8 Å². The first-order valence-corrected chi connectivity index (χ1v) is 7.14. The van der Waals surface area contributed by atoms with Crippen LogP contribution in [0.5, 0.6) is 11.5 Å². The molecule has 1 N–H and O–H groups in total. The molecule has 0 unspecified atom stereocenters. The molecule has 0 fully saturated rings. The van der Waals surface area contributed by atoms with Gasteiger partial charge in [0.15, 0.2) is 0 Å². The predicted octanol–water partition coefficient (Wildman–Crippen LogP) is 3.48. The van der Waals surface area contributed by atoms with Crippen LogP contribution in [0.4, 0.5) is 0 Å². The van der Waals surface area contributed by atoms with E-state index in [0.717, 1.165) is 21.1 Å². The van der Waals surface area contributed by atoms with Crippen molar-refractivity contribution in [2.45, 2.75) is 16.2 Å². The van der Waals surface area contributed by atoms with Crippen LogP contribution in [-0.2, 0) is 11.2 Å². The Kier molecular flexibility index (Phi) is 5.11. The van der Waals surface area contributed by atoms with Crippen molar-refractivity contribution < 1.29 is 19.4 Å². The van der Waals surface area contributed by atoms with Crippen LogP contribution >= 0.6 is 11.8 Å². The summed E-state index contributed by atoms with van der Waals surface area (Å²) in [5.74, 6) is 0.588. The molecule has 0 aliphatic heterocycles. The lowest BCUT2D eigenvalue weighted by molar-refractivity contribution is -0.136. The van der Waals surface area contributed by atoms with Crippen molar-refractivity contribution in [1.29, 1.82) is 0 Å². The normalized spacial score (nSPS) is 10.2. The molecule has 2 aromatic carbocycles. The molecule has 0 amide bonds. The van der Waals surface area contributed by atoms with Crippen molar-refractivity contribution in [1.82, 2.24) is 0 Å². The molecule has 5 heteroatoms. The summed E-state index contributed by atoms with van der Waals surface area (Å²) in [6.07, 6.45) is -0.0321. The monoisotopic (exact) mass is 304 g/mol. The van der Waals surface area contributed by atoms with Gasteiger partial charge < -0.3 is 14.6 Å². The summed E-state index contributed by atoms with van der Waals surface area (Å²) in [7, 11) is 3.19. The standard InChI is InChI=1S/C16H16O4S/c1-19-12-3-6-14(7-4-12)21-15-8-5-13(20-2)9-11(15)10-16(17)18/h3-9H,10H2,1-2H3,(H,17,18). The third kappa shape index (κ3) is 4.16. The summed E-state index contributed by atoms with van der Waals surface area (Å²) < 4.78 is 10.3. The van der Waals surface area contributed by atoms with Crippen LogP contribution in [0.1, 0.15) is 5.56 Å². The van der Waals surface area contributed by atoms with Gasteiger partial charge in [0.2, 0.25) is 0 Å². The second kappa shape index (κ2) is 7.04. The highest BCUT2D eigenvalue weighted by atomic mass is 32.2. The van der Waals surface area contributed by atoms with E-state index in [1.54, 1.807) is 20.3 Å². The summed E-state index contributed by atoms with van der Waals surface area (Å²) >= 11 is 1.52. The maximum Gasteiger partial charge on any atom is 0.307 e. The Balaban J connectivity index is 2.26. The molecular weight excluding hydrogens is 288 g/mol. The summed E-state index contributed by atoms with van der Waals surface area (Å²) in [5, 5.41) is 9.02. The van der Waals surface area contributed by atoms with Crippen LogP contribution in [0.25, 0.3) is 0 Å². The molecule has 0 spiro atoms. The van der Waals surface area contributed by atoms with Gasteiger partial charge in [0.25, 0.3) is 0 Å². The molecular formula is C16H16O4S. The SMILES string of the molecule is COc1ccc(Sc2ccc(OC)cc2CC(=O)O)cc1. The van der Waals surface area contributed by atoms with Gasteiger partial charge >= 0.3 is 5.97 Å². The Hall–Kier alpha value is -2.14. The molecule has 2 aromatic rings. The zero-order valence-corrected chi connectivity index (χ0v) is 12.6. The van der Waals surface area contributed by atoms with Gasteiger partial charge in [-0.3, -0.25) is 4.79 Å². The summed E-state index contributed by atoms with van der Waals surface area (Å²) in [5.41, 5.74) is 0.739. The van der Waals surface area contributed by atoms with E-state index in [1.807, 2.05) is 36.4 Å². The van der Waals surface area contributed by atoms with E-state index in [4.69, 9.17) is 14.6 Å². The lowest BCUT2D eigenvalue weighted by Gasteiger charge is -2.10. The van der Waals surface area contributed by atoms with Gasteiger partial charge in [-0.15, -0.1) is 0 Å². The number of aliphatic carboxylic acids is 1. The van der Waals surface area contributed by atoms with Gasteiger partial charge in [0.05, 0.1) is 20.6 Å². The van der Waals surface area contributed by atoms with Crippen molar-refractivity contribution in [3.63, 3.8) is 0 Å². The Bertz CT molecular complexity index is 623. The molecule has 0 heterocycles. The minimum atomic E-state index is -0.861. The first kappa shape index (κ1) is 15.3. The minimum Gasteiger partial charge on any atom is -0.497 e. The molecule has 0 radical (unpaired) electrons. The summed E-state index contributed by atoms with van der Waals surface area (Å²) in [4.78, 5) is 12.9. The second-order valence-electron chi connectivity index (χ2n) is 4.32. The Morgan fingerprint density at radius 2 is 1.67 bits per heavy atom. The summed E-state index contributed by atoms with van der Waals surface area (Å²) in [6.45, 7) is 0. The maximum absolute atomic E-state index is 11.0. The maximum atomic E-state index is 11.0.